The molecule has 7 nitrogen and oxygen atoms in total. The quantitative estimate of drug-likeness (QED) is 0.286. The fourth-order valence-electron chi connectivity index (χ4n) is 4.04. The minimum atomic E-state index is -4.31. The summed E-state index contributed by atoms with van der Waals surface area (Å²) >= 11 is 0. The second-order valence-corrected chi connectivity index (χ2v) is 10.1. The van der Waals surface area contributed by atoms with Crippen molar-refractivity contribution in [1.82, 2.24) is 0 Å². The monoisotopic (exact) mass is 516 g/mol. The number of ether oxygens (including phenoxy) is 1. The number of nitrogens with two attached hydrogens (primary N) is 1. The number of para-hydroxylation sites is 1. The van der Waals surface area contributed by atoms with Crippen molar-refractivity contribution in [3.8, 4) is 11.5 Å². The molecule has 0 aliphatic carbocycles. The first-order valence-corrected chi connectivity index (χ1v) is 13.4. The fourth-order valence-corrected chi connectivity index (χ4v) is 4.73. The highest BCUT2D eigenvalue weighted by Gasteiger charge is 2.26. The smallest absolute Gasteiger partial charge is 0.335 e. The van der Waals surface area contributed by atoms with Gasteiger partial charge in [0.05, 0.1) is 11.3 Å². The summed E-state index contributed by atoms with van der Waals surface area (Å²) in [6.07, 6.45) is 1.31. The van der Waals surface area contributed by atoms with Gasteiger partial charge < -0.3 is 14.7 Å². The van der Waals surface area contributed by atoms with Gasteiger partial charge in [0, 0.05) is 13.1 Å². The summed E-state index contributed by atoms with van der Waals surface area (Å²) in [5.74, 6) is -0.855. The average Bonchev–Trinajstić information content (AvgIpc) is 2.90. The molecule has 4 rings (SSSR count). The Labute approximate surface area is 216 Å². The third kappa shape index (κ3) is 6.97. The number of sulfonamides is 1. The van der Waals surface area contributed by atoms with E-state index in [0.29, 0.717) is 37.4 Å². The number of aromatic carboxylic acids is 1. The van der Waals surface area contributed by atoms with Gasteiger partial charge in [0.15, 0.2) is 5.75 Å². The van der Waals surface area contributed by atoms with Gasteiger partial charge in [0.1, 0.15) is 10.6 Å². The van der Waals surface area contributed by atoms with Crippen LogP contribution in [0.4, 0.5) is 5.69 Å². The SMILES string of the molecule is NS(=O)(=O)c1cc(C(=O)O)cc(N(CCc2ccccc2)CCc2ccccc2)c1Oc1ccccc1. The molecule has 8 heteroatoms. The van der Waals surface area contributed by atoms with Crippen LogP contribution in [0.3, 0.4) is 0 Å². The Bertz CT molecular complexity index is 1400. The van der Waals surface area contributed by atoms with Gasteiger partial charge in [-0.2, -0.15) is 0 Å². The number of anilines is 1. The maximum absolute atomic E-state index is 12.6. The highest BCUT2D eigenvalue weighted by molar-refractivity contribution is 7.89. The zero-order chi connectivity index (χ0) is 26.3. The lowest BCUT2D eigenvalue weighted by molar-refractivity contribution is 0.0696. The van der Waals surface area contributed by atoms with Gasteiger partial charge in [-0.1, -0.05) is 78.9 Å². The van der Waals surface area contributed by atoms with Crippen molar-refractivity contribution in [1.29, 1.82) is 0 Å². The molecule has 0 radical (unpaired) electrons. The van der Waals surface area contributed by atoms with Crippen LogP contribution in [0.25, 0.3) is 0 Å². The maximum Gasteiger partial charge on any atom is 0.335 e. The van der Waals surface area contributed by atoms with Crippen LogP contribution in [0, 0.1) is 0 Å². The van der Waals surface area contributed by atoms with Crippen molar-refractivity contribution in [2.45, 2.75) is 17.7 Å². The molecule has 0 saturated heterocycles. The highest BCUT2D eigenvalue weighted by Crippen LogP contribution is 2.39. The summed E-state index contributed by atoms with van der Waals surface area (Å²) in [7, 11) is -4.31. The van der Waals surface area contributed by atoms with E-state index in [9.17, 15) is 18.3 Å². The molecule has 3 N–H and O–H groups in total. The lowest BCUT2D eigenvalue weighted by Crippen LogP contribution is -2.29. The van der Waals surface area contributed by atoms with Crippen LogP contribution >= 0.6 is 0 Å². The van der Waals surface area contributed by atoms with Crippen LogP contribution in [0.15, 0.2) is 108 Å². The number of hydrogen-bond donors (Lipinski definition) is 2. The molecule has 37 heavy (non-hydrogen) atoms. The molecule has 0 fully saturated rings. The van der Waals surface area contributed by atoms with Crippen molar-refractivity contribution in [3.63, 3.8) is 0 Å². The van der Waals surface area contributed by atoms with Gasteiger partial charge in [-0.05, 0) is 48.2 Å². The number of nitrogens with zero attached hydrogens (tertiary/aromatic N) is 1. The topological polar surface area (TPSA) is 110 Å². The lowest BCUT2D eigenvalue weighted by Gasteiger charge is -2.28. The standard InChI is InChI=1S/C29H28N2O5S/c30-37(34,35)27-21-24(29(32)33)20-26(28(27)36-25-14-8-3-9-15-25)31(18-16-22-10-4-1-5-11-22)19-17-23-12-6-2-7-13-23/h1-15,20-21H,16-19H2,(H,32,33)(H2,30,34,35). The average molecular weight is 517 g/mol. The van der Waals surface area contributed by atoms with Crippen LogP contribution in [-0.4, -0.2) is 32.6 Å². The van der Waals surface area contributed by atoms with Crippen LogP contribution in [-0.2, 0) is 22.9 Å². The summed E-state index contributed by atoms with van der Waals surface area (Å²) in [5.41, 5.74) is 2.35. The molecule has 0 bridgehead atoms. The fraction of sp³-hybridized carbons (Fsp3) is 0.138. The predicted octanol–water partition coefficient (Wildman–Crippen LogP) is 5.12. The zero-order valence-electron chi connectivity index (χ0n) is 20.2. The van der Waals surface area contributed by atoms with E-state index in [1.54, 1.807) is 24.3 Å². The van der Waals surface area contributed by atoms with Crippen molar-refractivity contribution < 1.29 is 23.1 Å². The summed E-state index contributed by atoms with van der Waals surface area (Å²) in [5, 5.41) is 15.3. The van der Waals surface area contributed by atoms with Crippen molar-refractivity contribution in [2.24, 2.45) is 5.14 Å². The molecule has 0 aliphatic rings. The Hall–Kier alpha value is -4.14. The summed E-state index contributed by atoms with van der Waals surface area (Å²) in [4.78, 5) is 13.6. The van der Waals surface area contributed by atoms with Gasteiger partial charge in [0.25, 0.3) is 0 Å². The molecular formula is C29H28N2O5S. The van der Waals surface area contributed by atoms with Gasteiger partial charge in [-0.3, -0.25) is 0 Å². The van der Waals surface area contributed by atoms with Gasteiger partial charge in [-0.15, -0.1) is 0 Å². The number of carboxylic acid groups (broad SMARTS) is 1. The molecular weight excluding hydrogens is 488 g/mol. The molecule has 0 unspecified atom stereocenters. The predicted molar refractivity (Wildman–Crippen MR) is 144 cm³/mol. The lowest BCUT2D eigenvalue weighted by atomic mass is 10.1. The highest BCUT2D eigenvalue weighted by atomic mass is 32.2. The largest absolute Gasteiger partial charge is 0.478 e. The Kier molecular flexibility index (Phi) is 8.22. The first-order valence-electron chi connectivity index (χ1n) is 11.8. The molecule has 0 spiro atoms. The summed E-state index contributed by atoms with van der Waals surface area (Å²) in [6.45, 7) is 0.990. The number of carbonyl (C=O) groups is 1. The van der Waals surface area contributed by atoms with E-state index in [0.717, 1.165) is 17.2 Å². The molecule has 4 aromatic carbocycles. The van der Waals surface area contributed by atoms with E-state index in [-0.39, 0.29) is 16.2 Å². The van der Waals surface area contributed by atoms with Gasteiger partial charge >= 0.3 is 5.97 Å². The first kappa shape index (κ1) is 25.9. The van der Waals surface area contributed by atoms with E-state index in [1.165, 1.54) is 6.07 Å². The maximum atomic E-state index is 12.6. The first-order chi connectivity index (χ1) is 17.8. The van der Waals surface area contributed by atoms with Crippen molar-refractivity contribution >= 4 is 21.7 Å². The van der Waals surface area contributed by atoms with Crippen LogP contribution in [0.1, 0.15) is 21.5 Å². The third-order valence-electron chi connectivity index (χ3n) is 5.92. The van der Waals surface area contributed by atoms with Gasteiger partial charge in [0.2, 0.25) is 10.0 Å². The Balaban J connectivity index is 1.82. The summed E-state index contributed by atoms with van der Waals surface area (Å²) < 4.78 is 31.4. The minimum absolute atomic E-state index is 0.000164. The number of primary sulfonamides is 1. The van der Waals surface area contributed by atoms with E-state index >= 15 is 0 Å². The van der Waals surface area contributed by atoms with Crippen LogP contribution in [0.5, 0.6) is 11.5 Å². The molecule has 0 amide bonds. The molecule has 190 valence electrons. The normalized spacial score (nSPS) is 11.2. The van der Waals surface area contributed by atoms with Crippen LogP contribution in [0.2, 0.25) is 0 Å². The van der Waals surface area contributed by atoms with E-state index in [4.69, 9.17) is 9.88 Å². The molecule has 0 atom stereocenters. The van der Waals surface area contributed by atoms with E-state index in [1.807, 2.05) is 71.6 Å². The van der Waals surface area contributed by atoms with E-state index < -0.39 is 16.0 Å². The number of rotatable bonds is 11. The number of benzene rings is 4. The number of carboxylic acids is 1. The molecule has 0 saturated carbocycles. The van der Waals surface area contributed by atoms with Gasteiger partial charge in [-0.25, -0.2) is 18.4 Å². The Morgan fingerprint density at radius 2 is 1.27 bits per heavy atom. The van der Waals surface area contributed by atoms with Crippen LogP contribution < -0.4 is 14.8 Å². The summed E-state index contributed by atoms with van der Waals surface area (Å²) in [6, 6.07) is 31.0. The molecule has 4 aromatic rings. The Morgan fingerprint density at radius 1 is 0.784 bits per heavy atom. The third-order valence-corrected chi connectivity index (χ3v) is 6.84. The van der Waals surface area contributed by atoms with E-state index in [2.05, 4.69) is 0 Å². The van der Waals surface area contributed by atoms with Crippen molar-refractivity contribution in [2.75, 3.05) is 18.0 Å². The molecule has 0 aliphatic heterocycles. The Morgan fingerprint density at radius 3 is 1.73 bits per heavy atom. The molecule has 0 heterocycles. The minimum Gasteiger partial charge on any atom is -0.478 e. The van der Waals surface area contributed by atoms with Crippen molar-refractivity contribution in [3.05, 3.63) is 120 Å². The second kappa shape index (κ2) is 11.7. The molecule has 0 aromatic heterocycles. The second-order valence-electron chi connectivity index (χ2n) is 8.55. The zero-order valence-corrected chi connectivity index (χ0v) is 21.0. The number of hydrogen-bond acceptors (Lipinski definition) is 5.